The van der Waals surface area contributed by atoms with E-state index in [1.165, 1.54) is 20.4 Å². The number of aromatic amines is 1. The van der Waals surface area contributed by atoms with Crippen LogP contribution in [0.4, 0.5) is 0 Å². The highest BCUT2D eigenvalue weighted by molar-refractivity contribution is 5.94. The van der Waals surface area contributed by atoms with Gasteiger partial charge in [-0.05, 0) is 32.2 Å². The van der Waals surface area contributed by atoms with Crippen molar-refractivity contribution >= 4 is 5.78 Å². The largest absolute Gasteiger partial charge is 0.493 e. The van der Waals surface area contributed by atoms with E-state index in [1.807, 2.05) is 11.9 Å². The lowest BCUT2D eigenvalue weighted by molar-refractivity contribution is 0.0726. The van der Waals surface area contributed by atoms with Crippen LogP contribution in [0.2, 0.25) is 0 Å². The van der Waals surface area contributed by atoms with Crippen molar-refractivity contribution in [2.45, 2.75) is 19.6 Å². The number of benzene rings is 1. The molecular weight excluding hydrogens is 312 g/mol. The van der Waals surface area contributed by atoms with Crippen molar-refractivity contribution in [2.24, 2.45) is 0 Å². The highest BCUT2D eigenvalue weighted by Gasteiger charge is 2.13. The molecule has 0 radical (unpaired) electrons. The lowest BCUT2D eigenvalue weighted by Gasteiger charge is -2.20. The Morgan fingerprint density at radius 2 is 2.21 bits per heavy atom. The summed E-state index contributed by atoms with van der Waals surface area (Å²) in [4.78, 5) is 17.3. The van der Waals surface area contributed by atoms with Gasteiger partial charge in [0.2, 0.25) is 0 Å². The predicted molar refractivity (Wildman–Crippen MR) is 87.2 cm³/mol. The molecule has 1 heterocycles. The Hall–Kier alpha value is -2.45. The molecule has 0 saturated heterocycles. The zero-order valence-electron chi connectivity index (χ0n) is 14.0. The smallest absolute Gasteiger partial charge is 0.161 e. The number of Topliss-reactive ketones (excluding diaryl/α,β-unsaturated/α-hetero) is 1. The number of likely N-dealkylation sites (N-methyl/N-ethyl adjacent to an activating group) is 1. The second-order valence-corrected chi connectivity index (χ2v) is 5.52. The van der Waals surface area contributed by atoms with E-state index in [4.69, 9.17) is 9.47 Å². The molecule has 0 aliphatic rings. The van der Waals surface area contributed by atoms with Gasteiger partial charge in [-0.15, -0.1) is 0 Å². The summed E-state index contributed by atoms with van der Waals surface area (Å²) in [5.41, 5.74) is 0.548. The number of carbonyl (C=O) groups excluding carboxylic acids is 1. The second kappa shape index (κ2) is 8.42. The van der Waals surface area contributed by atoms with E-state index >= 15 is 0 Å². The van der Waals surface area contributed by atoms with Gasteiger partial charge in [0.1, 0.15) is 24.9 Å². The number of aliphatic hydroxyl groups is 1. The number of rotatable bonds is 9. The predicted octanol–water partition coefficient (Wildman–Crippen LogP) is 0.888. The van der Waals surface area contributed by atoms with E-state index in [9.17, 15) is 9.90 Å². The first kappa shape index (κ1) is 17.9. The van der Waals surface area contributed by atoms with Crippen LogP contribution in [0.1, 0.15) is 23.1 Å². The Balaban J connectivity index is 1.86. The number of hydrogen-bond donors (Lipinski definition) is 2. The fourth-order valence-corrected chi connectivity index (χ4v) is 2.23. The molecule has 0 aliphatic carbocycles. The monoisotopic (exact) mass is 334 g/mol. The number of ether oxygens (including phenoxy) is 2. The highest BCUT2D eigenvalue weighted by atomic mass is 16.5. The van der Waals surface area contributed by atoms with Crippen LogP contribution in [0.25, 0.3) is 0 Å². The molecule has 130 valence electrons. The molecule has 2 N–H and O–H groups in total. The molecule has 1 aromatic carbocycles. The number of nitrogens with zero attached hydrogens (tertiary/aromatic N) is 3. The Kier molecular flexibility index (Phi) is 6.28. The standard InChI is InChI=1S/C16H22N4O4/c1-11(21)12-4-5-14(15(6-12)23-3)24-9-13(22)7-20(2)8-16-17-10-18-19-16/h4-6,10,13,22H,7-9H2,1-3H3,(H,17,18,19)/t13-/m0/s1. The highest BCUT2D eigenvalue weighted by Crippen LogP contribution is 2.28. The molecule has 0 amide bonds. The maximum absolute atomic E-state index is 11.4. The molecule has 8 heteroatoms. The third kappa shape index (κ3) is 5.04. The molecule has 0 spiro atoms. The van der Waals surface area contributed by atoms with Crippen molar-refractivity contribution in [2.75, 3.05) is 27.3 Å². The van der Waals surface area contributed by atoms with E-state index in [0.29, 0.717) is 30.2 Å². The summed E-state index contributed by atoms with van der Waals surface area (Å²) >= 11 is 0. The minimum atomic E-state index is -0.685. The Morgan fingerprint density at radius 1 is 1.42 bits per heavy atom. The number of aromatic nitrogens is 3. The van der Waals surface area contributed by atoms with Crippen LogP contribution in [0, 0.1) is 0 Å². The quantitative estimate of drug-likeness (QED) is 0.657. The average molecular weight is 334 g/mol. The molecule has 0 bridgehead atoms. The summed E-state index contributed by atoms with van der Waals surface area (Å²) < 4.78 is 10.8. The summed E-state index contributed by atoms with van der Waals surface area (Å²) in [6, 6.07) is 4.96. The molecule has 24 heavy (non-hydrogen) atoms. The van der Waals surface area contributed by atoms with Gasteiger partial charge in [0.15, 0.2) is 17.3 Å². The number of hydrogen-bond acceptors (Lipinski definition) is 7. The SMILES string of the molecule is COc1cc(C(C)=O)ccc1OC[C@@H](O)CN(C)Cc1ncn[nH]1. The Morgan fingerprint density at radius 3 is 2.83 bits per heavy atom. The van der Waals surface area contributed by atoms with Crippen molar-refractivity contribution in [3.8, 4) is 11.5 Å². The van der Waals surface area contributed by atoms with Crippen LogP contribution in [0.3, 0.4) is 0 Å². The number of methoxy groups -OCH3 is 1. The van der Waals surface area contributed by atoms with Crippen molar-refractivity contribution in [1.29, 1.82) is 0 Å². The zero-order valence-corrected chi connectivity index (χ0v) is 14.0. The lowest BCUT2D eigenvalue weighted by atomic mass is 10.1. The molecular formula is C16H22N4O4. The molecule has 0 saturated carbocycles. The molecule has 0 aliphatic heterocycles. The molecule has 8 nitrogen and oxygen atoms in total. The first-order valence-corrected chi connectivity index (χ1v) is 7.52. The van der Waals surface area contributed by atoms with Gasteiger partial charge in [0, 0.05) is 12.1 Å². The summed E-state index contributed by atoms with van der Waals surface area (Å²) in [7, 11) is 3.38. The Labute approximate surface area is 140 Å². The fraction of sp³-hybridized carbons (Fsp3) is 0.438. The van der Waals surface area contributed by atoms with Gasteiger partial charge in [0.25, 0.3) is 0 Å². The summed E-state index contributed by atoms with van der Waals surface area (Å²) in [6.07, 6.45) is 0.759. The van der Waals surface area contributed by atoms with E-state index in [1.54, 1.807) is 18.2 Å². The molecule has 1 aromatic heterocycles. The minimum Gasteiger partial charge on any atom is -0.493 e. The Bertz CT molecular complexity index is 660. The normalized spacial score (nSPS) is 12.2. The van der Waals surface area contributed by atoms with Crippen molar-refractivity contribution in [3.63, 3.8) is 0 Å². The van der Waals surface area contributed by atoms with Gasteiger partial charge in [0.05, 0.1) is 13.7 Å². The van der Waals surface area contributed by atoms with E-state index in [2.05, 4.69) is 15.2 Å². The maximum Gasteiger partial charge on any atom is 0.161 e. The summed E-state index contributed by atoms with van der Waals surface area (Å²) in [5, 5.41) is 16.7. The number of ketones is 1. The third-order valence-corrected chi connectivity index (χ3v) is 3.41. The van der Waals surface area contributed by atoms with E-state index in [-0.39, 0.29) is 12.4 Å². The van der Waals surface area contributed by atoms with Gasteiger partial charge < -0.3 is 14.6 Å². The summed E-state index contributed by atoms with van der Waals surface area (Å²) in [6.45, 7) is 2.56. The van der Waals surface area contributed by atoms with E-state index in [0.717, 1.165) is 5.82 Å². The van der Waals surface area contributed by atoms with Crippen LogP contribution in [0.5, 0.6) is 11.5 Å². The van der Waals surface area contributed by atoms with Crippen LogP contribution >= 0.6 is 0 Å². The van der Waals surface area contributed by atoms with Crippen LogP contribution in [-0.2, 0) is 6.54 Å². The van der Waals surface area contributed by atoms with E-state index < -0.39 is 6.10 Å². The van der Waals surface area contributed by atoms with Crippen LogP contribution < -0.4 is 9.47 Å². The first-order valence-electron chi connectivity index (χ1n) is 7.52. The fourth-order valence-electron chi connectivity index (χ4n) is 2.23. The molecule has 0 unspecified atom stereocenters. The molecule has 1 atom stereocenters. The van der Waals surface area contributed by atoms with Crippen LogP contribution in [0.15, 0.2) is 24.5 Å². The van der Waals surface area contributed by atoms with Crippen molar-refractivity contribution in [3.05, 3.63) is 35.9 Å². The average Bonchev–Trinajstić information content (AvgIpc) is 3.05. The topological polar surface area (TPSA) is 101 Å². The molecule has 2 aromatic rings. The van der Waals surface area contributed by atoms with Gasteiger partial charge in [-0.3, -0.25) is 14.8 Å². The number of nitrogens with one attached hydrogen (secondary N) is 1. The van der Waals surface area contributed by atoms with Gasteiger partial charge in [-0.1, -0.05) is 0 Å². The van der Waals surface area contributed by atoms with Gasteiger partial charge in [-0.2, -0.15) is 5.10 Å². The van der Waals surface area contributed by atoms with Crippen molar-refractivity contribution < 1.29 is 19.4 Å². The van der Waals surface area contributed by atoms with Gasteiger partial charge in [-0.25, -0.2) is 4.98 Å². The number of aliphatic hydroxyl groups excluding tert-OH is 1. The van der Waals surface area contributed by atoms with Gasteiger partial charge >= 0.3 is 0 Å². The molecule has 2 rings (SSSR count). The first-order chi connectivity index (χ1) is 11.5. The minimum absolute atomic E-state index is 0.0473. The number of carbonyl (C=O) groups is 1. The van der Waals surface area contributed by atoms with Crippen LogP contribution in [-0.4, -0.2) is 64.4 Å². The zero-order chi connectivity index (χ0) is 17.5. The number of H-pyrrole nitrogens is 1. The summed E-state index contributed by atoms with van der Waals surface area (Å²) in [5.74, 6) is 1.63. The third-order valence-electron chi connectivity index (χ3n) is 3.41. The maximum atomic E-state index is 11.4. The molecule has 0 fully saturated rings. The van der Waals surface area contributed by atoms with Crippen molar-refractivity contribution in [1.82, 2.24) is 20.1 Å². The second-order valence-electron chi connectivity index (χ2n) is 5.52. The lowest BCUT2D eigenvalue weighted by Crippen LogP contribution is -2.33.